The molecular formula is C18H21N5O2. The van der Waals surface area contributed by atoms with Crippen LogP contribution in [0.4, 0.5) is 5.82 Å². The van der Waals surface area contributed by atoms with E-state index in [-0.39, 0.29) is 11.6 Å². The molecule has 130 valence electrons. The molecule has 7 heteroatoms. The van der Waals surface area contributed by atoms with Crippen LogP contribution in [0.15, 0.2) is 30.6 Å². The van der Waals surface area contributed by atoms with Crippen LogP contribution >= 0.6 is 0 Å². The highest BCUT2D eigenvalue weighted by Gasteiger charge is 2.20. The summed E-state index contributed by atoms with van der Waals surface area (Å²) in [5.41, 5.74) is 9.57. The van der Waals surface area contributed by atoms with E-state index in [1.165, 1.54) is 0 Å². The van der Waals surface area contributed by atoms with Gasteiger partial charge in [0.15, 0.2) is 5.69 Å². The molecule has 0 spiro atoms. The fraction of sp³-hybridized carbons (Fsp3) is 0.278. The Kier molecular flexibility index (Phi) is 4.56. The van der Waals surface area contributed by atoms with E-state index in [2.05, 4.69) is 15.3 Å². The molecule has 0 aliphatic carbocycles. The van der Waals surface area contributed by atoms with Crippen molar-refractivity contribution in [3.05, 3.63) is 41.9 Å². The fourth-order valence-electron chi connectivity index (χ4n) is 2.70. The van der Waals surface area contributed by atoms with Crippen molar-refractivity contribution in [3.8, 4) is 17.0 Å². The van der Waals surface area contributed by atoms with Crippen LogP contribution in [-0.4, -0.2) is 33.9 Å². The largest absolute Gasteiger partial charge is 0.481 e. The number of nitrogens with one attached hydrogen (secondary N) is 1. The lowest BCUT2D eigenvalue weighted by molar-refractivity contribution is 0.0950. The van der Waals surface area contributed by atoms with Crippen molar-refractivity contribution in [2.45, 2.75) is 20.3 Å². The lowest BCUT2D eigenvalue weighted by atomic mass is 10.1. The molecule has 7 nitrogen and oxygen atoms in total. The Hall–Kier alpha value is -3.09. The third kappa shape index (κ3) is 3.00. The average Bonchev–Trinajstić information content (AvgIpc) is 2.96. The number of methoxy groups -OCH3 is 1. The predicted octanol–water partition coefficient (Wildman–Crippen LogP) is 2.44. The van der Waals surface area contributed by atoms with Gasteiger partial charge in [-0.2, -0.15) is 0 Å². The van der Waals surface area contributed by atoms with Crippen molar-refractivity contribution in [2.24, 2.45) is 0 Å². The first kappa shape index (κ1) is 16.8. The minimum Gasteiger partial charge on any atom is -0.481 e. The van der Waals surface area contributed by atoms with Crippen LogP contribution in [0.1, 0.15) is 29.4 Å². The van der Waals surface area contributed by atoms with Crippen LogP contribution in [0.25, 0.3) is 16.8 Å². The summed E-state index contributed by atoms with van der Waals surface area (Å²) in [5.74, 6) is 0.533. The van der Waals surface area contributed by atoms with E-state index in [1.54, 1.807) is 23.9 Å². The molecule has 0 atom stereocenters. The van der Waals surface area contributed by atoms with E-state index in [4.69, 9.17) is 10.5 Å². The quantitative estimate of drug-likeness (QED) is 0.744. The summed E-state index contributed by atoms with van der Waals surface area (Å²) >= 11 is 0. The van der Waals surface area contributed by atoms with E-state index in [9.17, 15) is 4.79 Å². The number of imidazole rings is 1. The second kappa shape index (κ2) is 6.80. The average molecular weight is 339 g/mol. The molecule has 3 aromatic rings. The topological polar surface area (TPSA) is 94.5 Å². The number of pyridine rings is 2. The number of aromatic nitrogens is 3. The van der Waals surface area contributed by atoms with Gasteiger partial charge < -0.3 is 15.8 Å². The van der Waals surface area contributed by atoms with Gasteiger partial charge in [0.25, 0.3) is 5.91 Å². The minimum atomic E-state index is -0.275. The summed E-state index contributed by atoms with van der Waals surface area (Å²) in [5, 5.41) is 2.81. The highest BCUT2D eigenvalue weighted by atomic mass is 16.5. The third-order valence-electron chi connectivity index (χ3n) is 3.91. The van der Waals surface area contributed by atoms with Crippen molar-refractivity contribution in [1.29, 1.82) is 0 Å². The molecule has 0 saturated heterocycles. The van der Waals surface area contributed by atoms with Crippen LogP contribution in [0, 0.1) is 6.92 Å². The van der Waals surface area contributed by atoms with Gasteiger partial charge >= 0.3 is 0 Å². The Morgan fingerprint density at radius 2 is 2.20 bits per heavy atom. The third-order valence-corrected chi connectivity index (χ3v) is 3.91. The monoisotopic (exact) mass is 339 g/mol. The number of aryl methyl sites for hydroxylation is 1. The van der Waals surface area contributed by atoms with Crippen LogP contribution in [0.2, 0.25) is 0 Å². The van der Waals surface area contributed by atoms with Crippen LogP contribution in [0.5, 0.6) is 5.88 Å². The number of nitrogens with two attached hydrogens (primary N) is 1. The molecule has 0 saturated carbocycles. The zero-order valence-electron chi connectivity index (χ0n) is 14.5. The predicted molar refractivity (Wildman–Crippen MR) is 96.7 cm³/mol. The molecule has 3 N–H and O–H groups in total. The Bertz CT molecular complexity index is 933. The normalized spacial score (nSPS) is 10.8. The van der Waals surface area contributed by atoms with Crippen molar-refractivity contribution in [1.82, 2.24) is 19.7 Å². The number of anilines is 1. The molecule has 25 heavy (non-hydrogen) atoms. The number of rotatable bonds is 5. The number of ether oxygens (including phenoxy) is 1. The maximum absolute atomic E-state index is 12.3. The van der Waals surface area contributed by atoms with Crippen LogP contribution in [0.3, 0.4) is 0 Å². The molecule has 0 aliphatic rings. The van der Waals surface area contributed by atoms with E-state index < -0.39 is 0 Å². The number of amides is 1. The first-order valence-corrected chi connectivity index (χ1v) is 8.12. The van der Waals surface area contributed by atoms with Crippen LogP contribution < -0.4 is 15.8 Å². The molecule has 0 aliphatic heterocycles. The summed E-state index contributed by atoms with van der Waals surface area (Å²) < 4.78 is 7.09. The smallest absolute Gasteiger partial charge is 0.273 e. The van der Waals surface area contributed by atoms with E-state index >= 15 is 0 Å². The SMILES string of the molecule is CCCNC(=O)c1nc2c(-c3cc(C)cnc3OC)cccn2c1N. The Labute approximate surface area is 145 Å². The number of hydrogen-bond donors (Lipinski definition) is 2. The number of nitrogens with zero attached hydrogens (tertiary/aromatic N) is 3. The summed E-state index contributed by atoms with van der Waals surface area (Å²) in [7, 11) is 1.57. The summed E-state index contributed by atoms with van der Waals surface area (Å²) in [4.78, 5) is 21.1. The van der Waals surface area contributed by atoms with Gasteiger partial charge in [-0.25, -0.2) is 9.97 Å². The molecule has 1 amide bonds. The number of nitrogen functional groups attached to an aromatic ring is 1. The first-order valence-electron chi connectivity index (χ1n) is 8.12. The molecule has 0 radical (unpaired) electrons. The molecule has 0 aromatic carbocycles. The molecular weight excluding hydrogens is 318 g/mol. The lowest BCUT2D eigenvalue weighted by Crippen LogP contribution is -2.25. The van der Waals surface area contributed by atoms with E-state index in [0.717, 1.165) is 23.1 Å². The van der Waals surface area contributed by atoms with Gasteiger partial charge in [-0.3, -0.25) is 9.20 Å². The molecule has 3 aromatic heterocycles. The summed E-state index contributed by atoms with van der Waals surface area (Å²) in [6.07, 6.45) is 4.37. The van der Waals surface area contributed by atoms with Crippen molar-refractivity contribution in [2.75, 3.05) is 19.4 Å². The zero-order chi connectivity index (χ0) is 18.0. The fourth-order valence-corrected chi connectivity index (χ4v) is 2.70. The van der Waals surface area contributed by atoms with Gasteiger partial charge in [0.05, 0.1) is 7.11 Å². The standard InChI is InChI=1S/C18H21N5O2/c1-4-7-20-17(24)14-15(19)23-8-5-6-12(16(23)22-14)13-9-11(2)10-21-18(13)25-3/h5-6,8-10H,4,7,19H2,1-3H3,(H,20,24). The van der Waals surface area contributed by atoms with E-state index in [1.807, 2.05) is 32.0 Å². The Morgan fingerprint density at radius 1 is 1.40 bits per heavy atom. The van der Waals surface area contributed by atoms with Gasteiger partial charge in [0.2, 0.25) is 5.88 Å². The highest BCUT2D eigenvalue weighted by Crippen LogP contribution is 2.32. The van der Waals surface area contributed by atoms with Gasteiger partial charge in [-0.1, -0.05) is 6.92 Å². The molecule has 3 heterocycles. The van der Waals surface area contributed by atoms with Gasteiger partial charge in [0, 0.05) is 30.1 Å². The molecule has 0 fully saturated rings. The van der Waals surface area contributed by atoms with Gasteiger partial charge in [-0.15, -0.1) is 0 Å². The second-order valence-electron chi connectivity index (χ2n) is 5.79. The minimum absolute atomic E-state index is 0.223. The van der Waals surface area contributed by atoms with E-state index in [0.29, 0.717) is 23.9 Å². The lowest BCUT2D eigenvalue weighted by Gasteiger charge is -2.09. The van der Waals surface area contributed by atoms with Crippen molar-refractivity contribution in [3.63, 3.8) is 0 Å². The number of carbonyl (C=O) groups excluding carboxylic acids is 1. The first-order chi connectivity index (χ1) is 12.1. The molecule has 0 unspecified atom stereocenters. The summed E-state index contributed by atoms with van der Waals surface area (Å²) in [6.45, 7) is 4.52. The zero-order valence-corrected chi connectivity index (χ0v) is 14.5. The molecule has 0 bridgehead atoms. The Morgan fingerprint density at radius 3 is 2.92 bits per heavy atom. The number of carbonyl (C=O) groups is 1. The number of hydrogen-bond acceptors (Lipinski definition) is 5. The van der Waals surface area contributed by atoms with Gasteiger partial charge in [-0.05, 0) is 37.1 Å². The maximum atomic E-state index is 12.3. The molecule has 3 rings (SSSR count). The van der Waals surface area contributed by atoms with Crippen LogP contribution in [-0.2, 0) is 0 Å². The number of fused-ring (bicyclic) bond motifs is 1. The maximum Gasteiger partial charge on any atom is 0.273 e. The highest BCUT2D eigenvalue weighted by molar-refractivity contribution is 5.99. The summed E-state index contributed by atoms with van der Waals surface area (Å²) in [6, 6.07) is 5.74. The van der Waals surface area contributed by atoms with Crippen molar-refractivity contribution >= 4 is 17.4 Å². The van der Waals surface area contributed by atoms with Gasteiger partial charge in [0.1, 0.15) is 11.5 Å². The second-order valence-corrected chi connectivity index (χ2v) is 5.79. The van der Waals surface area contributed by atoms with Crippen molar-refractivity contribution < 1.29 is 9.53 Å². The Balaban J connectivity index is 2.18.